The third-order valence-electron chi connectivity index (χ3n) is 2.71. The van der Waals surface area contributed by atoms with Crippen molar-refractivity contribution in [2.24, 2.45) is 0 Å². The number of rotatable bonds is 5. The molecule has 1 rings (SSSR count). The van der Waals surface area contributed by atoms with Gasteiger partial charge in [-0.05, 0) is 31.5 Å². The van der Waals surface area contributed by atoms with Crippen LogP contribution in [-0.2, 0) is 10.8 Å². The molecular weight excluding hydrogens is 261 g/mol. The lowest BCUT2D eigenvalue weighted by Gasteiger charge is -2.18. The highest BCUT2D eigenvalue weighted by molar-refractivity contribution is 7.84. The Morgan fingerprint density at radius 1 is 1.47 bits per heavy atom. The molecule has 0 aromatic heterocycles. The first kappa shape index (κ1) is 14.6. The van der Waals surface area contributed by atoms with E-state index in [2.05, 4.69) is 5.32 Å². The van der Waals surface area contributed by atoms with E-state index >= 15 is 0 Å². The molecule has 0 spiro atoms. The molecule has 3 atom stereocenters. The normalized spacial score (nSPS) is 16.5. The first-order valence-corrected chi connectivity index (χ1v) is 7.42. The van der Waals surface area contributed by atoms with E-state index in [1.807, 2.05) is 13.8 Å². The van der Waals surface area contributed by atoms with Crippen LogP contribution in [0.3, 0.4) is 0 Å². The Hall–Kier alpha value is -0.450. The number of nitrogens with one attached hydrogen (secondary N) is 1. The van der Waals surface area contributed by atoms with Crippen molar-refractivity contribution < 1.29 is 8.60 Å². The van der Waals surface area contributed by atoms with Crippen LogP contribution < -0.4 is 5.32 Å². The van der Waals surface area contributed by atoms with Crippen molar-refractivity contribution in [1.82, 2.24) is 5.32 Å². The fourth-order valence-electron chi connectivity index (χ4n) is 1.42. The summed E-state index contributed by atoms with van der Waals surface area (Å²) in [6.07, 6.45) is 1.68. The smallest absolute Gasteiger partial charge is 0.124 e. The van der Waals surface area contributed by atoms with E-state index in [0.29, 0.717) is 11.6 Å². The zero-order valence-corrected chi connectivity index (χ0v) is 11.7. The predicted molar refractivity (Wildman–Crippen MR) is 71.4 cm³/mol. The molecule has 0 saturated heterocycles. The van der Waals surface area contributed by atoms with Gasteiger partial charge in [-0.3, -0.25) is 4.21 Å². The summed E-state index contributed by atoms with van der Waals surface area (Å²) >= 11 is 5.96. The van der Waals surface area contributed by atoms with Crippen molar-refractivity contribution in [2.45, 2.75) is 25.1 Å². The van der Waals surface area contributed by atoms with Crippen molar-refractivity contribution in [3.8, 4) is 0 Å². The Labute approximate surface area is 109 Å². The maximum Gasteiger partial charge on any atom is 0.124 e. The monoisotopic (exact) mass is 277 g/mol. The van der Waals surface area contributed by atoms with E-state index < -0.39 is 10.8 Å². The van der Waals surface area contributed by atoms with Crippen LogP contribution in [0.25, 0.3) is 0 Å². The van der Waals surface area contributed by atoms with Crippen LogP contribution in [0.1, 0.15) is 25.5 Å². The summed E-state index contributed by atoms with van der Waals surface area (Å²) in [7, 11) is -0.848. The number of halogens is 2. The molecule has 0 aliphatic rings. The predicted octanol–water partition coefficient (Wildman–Crippen LogP) is 2.90. The Bertz CT molecular complexity index is 413. The summed E-state index contributed by atoms with van der Waals surface area (Å²) in [4.78, 5) is 0. The minimum absolute atomic E-state index is 0.00843. The van der Waals surface area contributed by atoms with Crippen LogP contribution in [0.2, 0.25) is 5.02 Å². The summed E-state index contributed by atoms with van der Waals surface area (Å²) in [5, 5.41) is 3.73. The zero-order chi connectivity index (χ0) is 13.0. The van der Waals surface area contributed by atoms with Crippen LogP contribution in [0.5, 0.6) is 0 Å². The second kappa shape index (κ2) is 6.47. The largest absolute Gasteiger partial charge is 0.309 e. The van der Waals surface area contributed by atoms with E-state index in [1.165, 1.54) is 12.1 Å². The molecule has 0 aliphatic heterocycles. The minimum atomic E-state index is -0.848. The fraction of sp³-hybridized carbons (Fsp3) is 0.500. The molecule has 0 heterocycles. The van der Waals surface area contributed by atoms with Crippen LogP contribution >= 0.6 is 11.6 Å². The van der Waals surface area contributed by atoms with Crippen LogP contribution in [0.15, 0.2) is 18.2 Å². The maximum absolute atomic E-state index is 12.9. The molecule has 0 fully saturated rings. The van der Waals surface area contributed by atoms with Gasteiger partial charge in [0.05, 0.1) is 0 Å². The van der Waals surface area contributed by atoms with E-state index in [9.17, 15) is 8.60 Å². The number of hydrogen-bond donors (Lipinski definition) is 1. The summed E-state index contributed by atoms with van der Waals surface area (Å²) in [6, 6.07) is 4.37. The molecule has 0 radical (unpaired) electrons. The van der Waals surface area contributed by atoms with Crippen molar-refractivity contribution in [2.75, 3.05) is 12.8 Å². The van der Waals surface area contributed by atoms with Crippen molar-refractivity contribution in [3.05, 3.63) is 34.6 Å². The molecule has 17 heavy (non-hydrogen) atoms. The van der Waals surface area contributed by atoms with Gasteiger partial charge in [-0.2, -0.15) is 0 Å². The average Bonchev–Trinajstić information content (AvgIpc) is 2.25. The van der Waals surface area contributed by atoms with Crippen LogP contribution in [0.4, 0.5) is 4.39 Å². The van der Waals surface area contributed by atoms with E-state index in [4.69, 9.17) is 11.6 Å². The zero-order valence-electron chi connectivity index (χ0n) is 10.2. The van der Waals surface area contributed by atoms with Gasteiger partial charge in [-0.1, -0.05) is 17.7 Å². The van der Waals surface area contributed by atoms with Gasteiger partial charge in [0.2, 0.25) is 0 Å². The highest BCUT2D eigenvalue weighted by Gasteiger charge is 2.12. The van der Waals surface area contributed by atoms with Gasteiger partial charge in [-0.25, -0.2) is 4.39 Å². The van der Waals surface area contributed by atoms with Gasteiger partial charge in [0.1, 0.15) is 5.82 Å². The van der Waals surface area contributed by atoms with Gasteiger partial charge in [-0.15, -0.1) is 0 Å². The highest BCUT2D eigenvalue weighted by Crippen LogP contribution is 2.23. The van der Waals surface area contributed by atoms with Crippen molar-refractivity contribution in [3.63, 3.8) is 0 Å². The Balaban J connectivity index is 2.64. The van der Waals surface area contributed by atoms with Crippen LogP contribution in [-0.4, -0.2) is 22.3 Å². The lowest BCUT2D eigenvalue weighted by molar-refractivity contribution is 0.566. The Morgan fingerprint density at radius 2 is 2.12 bits per heavy atom. The van der Waals surface area contributed by atoms with Crippen molar-refractivity contribution >= 4 is 22.4 Å². The van der Waals surface area contributed by atoms with Gasteiger partial charge in [0, 0.05) is 39.9 Å². The van der Waals surface area contributed by atoms with E-state index in [0.717, 1.165) is 5.56 Å². The minimum Gasteiger partial charge on any atom is -0.309 e. The lowest BCUT2D eigenvalue weighted by atomic mass is 10.1. The lowest BCUT2D eigenvalue weighted by Crippen LogP contribution is -2.29. The van der Waals surface area contributed by atoms with E-state index in [-0.39, 0.29) is 17.1 Å². The molecule has 1 aromatic carbocycles. The third kappa shape index (κ3) is 4.37. The summed E-state index contributed by atoms with van der Waals surface area (Å²) in [6.45, 7) is 4.50. The van der Waals surface area contributed by atoms with Gasteiger partial charge in [0.15, 0.2) is 0 Å². The second-order valence-electron chi connectivity index (χ2n) is 4.10. The number of hydrogen-bond acceptors (Lipinski definition) is 2. The van der Waals surface area contributed by atoms with Crippen molar-refractivity contribution in [1.29, 1.82) is 0 Å². The Morgan fingerprint density at radius 3 is 2.65 bits per heavy atom. The summed E-state index contributed by atoms with van der Waals surface area (Å²) < 4.78 is 24.1. The Kier molecular flexibility index (Phi) is 5.56. The van der Waals surface area contributed by atoms with Crippen LogP contribution in [0, 0.1) is 5.82 Å². The molecule has 1 N–H and O–H groups in total. The fourth-order valence-corrected chi connectivity index (χ4v) is 2.08. The molecule has 96 valence electrons. The molecule has 5 heteroatoms. The summed E-state index contributed by atoms with van der Waals surface area (Å²) in [5.41, 5.74) is 0.849. The number of benzene rings is 1. The molecule has 2 nitrogen and oxygen atoms in total. The standard InChI is InChI=1S/C12H17ClFNOS/c1-8(17(3)16)7-15-9(2)11-5-4-10(14)6-12(11)13/h4-6,8-9,15H,7H2,1-3H3. The highest BCUT2D eigenvalue weighted by atomic mass is 35.5. The van der Waals surface area contributed by atoms with Gasteiger partial charge < -0.3 is 5.32 Å². The van der Waals surface area contributed by atoms with Gasteiger partial charge in [0.25, 0.3) is 0 Å². The quantitative estimate of drug-likeness (QED) is 0.897. The first-order chi connectivity index (χ1) is 7.91. The molecule has 0 amide bonds. The SMILES string of the molecule is CC(NCC(C)S(C)=O)c1ccc(F)cc1Cl. The first-order valence-electron chi connectivity index (χ1n) is 5.42. The molecule has 0 bridgehead atoms. The molecule has 3 unspecified atom stereocenters. The summed E-state index contributed by atoms with van der Waals surface area (Å²) in [5.74, 6) is -0.339. The maximum atomic E-state index is 12.9. The topological polar surface area (TPSA) is 29.1 Å². The molecule has 0 aliphatic carbocycles. The second-order valence-corrected chi connectivity index (χ2v) is 6.31. The average molecular weight is 278 g/mol. The molecule has 1 aromatic rings. The third-order valence-corrected chi connectivity index (χ3v) is 4.33. The molecule has 0 saturated carbocycles. The van der Waals surface area contributed by atoms with Gasteiger partial charge >= 0.3 is 0 Å². The molecular formula is C12H17ClFNOS. The van der Waals surface area contributed by atoms with E-state index in [1.54, 1.807) is 12.3 Å².